The van der Waals surface area contributed by atoms with Gasteiger partial charge in [0.05, 0.1) is 6.61 Å². The molecule has 2 N–H and O–H groups in total. The van der Waals surface area contributed by atoms with Gasteiger partial charge in [0.15, 0.2) is 0 Å². The highest BCUT2D eigenvalue weighted by molar-refractivity contribution is 5.32. The fraction of sp³-hybridized carbons (Fsp3) is 0.615. The topological polar surface area (TPSA) is 57.4 Å². The summed E-state index contributed by atoms with van der Waals surface area (Å²) in [5.41, 5.74) is 7.49. The zero-order chi connectivity index (χ0) is 12.5. The number of nitrogens with zero attached hydrogens (tertiary/aromatic N) is 1. The molecule has 0 aliphatic rings. The SMILES string of the molecule is CCCCOCCOc1cc(C)ncc1CN. The maximum Gasteiger partial charge on any atom is 0.127 e. The van der Waals surface area contributed by atoms with Crippen molar-refractivity contribution in [2.75, 3.05) is 19.8 Å². The molecular weight excluding hydrogens is 216 g/mol. The number of pyridine rings is 1. The number of aryl methyl sites for hydroxylation is 1. The van der Waals surface area contributed by atoms with E-state index in [4.69, 9.17) is 15.2 Å². The molecule has 1 aromatic heterocycles. The molecule has 1 rings (SSSR count). The highest BCUT2D eigenvalue weighted by Gasteiger charge is 2.03. The van der Waals surface area contributed by atoms with Crippen molar-refractivity contribution < 1.29 is 9.47 Å². The maximum atomic E-state index is 5.64. The summed E-state index contributed by atoms with van der Waals surface area (Å²) in [5, 5.41) is 0. The molecule has 0 aliphatic carbocycles. The second-order valence-corrected chi connectivity index (χ2v) is 3.95. The number of nitrogens with two attached hydrogens (primary N) is 1. The molecule has 0 unspecified atom stereocenters. The molecule has 1 heterocycles. The van der Waals surface area contributed by atoms with Crippen LogP contribution in [0.5, 0.6) is 5.75 Å². The van der Waals surface area contributed by atoms with Gasteiger partial charge in [-0.25, -0.2) is 0 Å². The lowest BCUT2D eigenvalue weighted by Gasteiger charge is -2.11. The number of unbranched alkanes of at least 4 members (excludes halogenated alkanes) is 1. The summed E-state index contributed by atoms with van der Waals surface area (Å²) in [5.74, 6) is 0.819. The van der Waals surface area contributed by atoms with Crippen LogP contribution in [0.4, 0.5) is 0 Å². The molecule has 96 valence electrons. The van der Waals surface area contributed by atoms with Gasteiger partial charge in [-0.2, -0.15) is 0 Å². The Morgan fingerprint density at radius 3 is 2.82 bits per heavy atom. The molecule has 0 saturated heterocycles. The first-order valence-corrected chi connectivity index (χ1v) is 6.14. The average Bonchev–Trinajstić information content (AvgIpc) is 2.34. The predicted octanol–water partition coefficient (Wildman–Crippen LogP) is 2.04. The fourth-order valence-corrected chi connectivity index (χ4v) is 1.41. The largest absolute Gasteiger partial charge is 0.491 e. The van der Waals surface area contributed by atoms with E-state index in [1.165, 1.54) is 0 Å². The number of hydrogen-bond donors (Lipinski definition) is 1. The van der Waals surface area contributed by atoms with Gasteiger partial charge in [-0.15, -0.1) is 0 Å². The molecule has 0 fully saturated rings. The molecule has 0 atom stereocenters. The third-order valence-electron chi connectivity index (χ3n) is 2.43. The van der Waals surface area contributed by atoms with Gasteiger partial charge < -0.3 is 15.2 Å². The first-order valence-electron chi connectivity index (χ1n) is 6.14. The van der Waals surface area contributed by atoms with Crippen LogP contribution in [0.1, 0.15) is 31.0 Å². The van der Waals surface area contributed by atoms with E-state index in [2.05, 4.69) is 11.9 Å². The van der Waals surface area contributed by atoms with E-state index in [0.717, 1.165) is 36.5 Å². The van der Waals surface area contributed by atoms with Gasteiger partial charge in [-0.1, -0.05) is 13.3 Å². The van der Waals surface area contributed by atoms with E-state index < -0.39 is 0 Å². The first kappa shape index (κ1) is 13.9. The van der Waals surface area contributed by atoms with E-state index in [1.807, 2.05) is 13.0 Å². The summed E-state index contributed by atoms with van der Waals surface area (Å²) in [4.78, 5) is 4.19. The Morgan fingerprint density at radius 2 is 2.12 bits per heavy atom. The lowest BCUT2D eigenvalue weighted by Crippen LogP contribution is -2.10. The van der Waals surface area contributed by atoms with Gasteiger partial charge in [0.2, 0.25) is 0 Å². The van der Waals surface area contributed by atoms with Crippen LogP contribution in [0.2, 0.25) is 0 Å². The highest BCUT2D eigenvalue weighted by Crippen LogP contribution is 2.17. The van der Waals surface area contributed by atoms with Gasteiger partial charge in [0.1, 0.15) is 12.4 Å². The Kier molecular flexibility index (Phi) is 6.58. The van der Waals surface area contributed by atoms with Crippen molar-refractivity contribution >= 4 is 0 Å². The van der Waals surface area contributed by atoms with E-state index >= 15 is 0 Å². The lowest BCUT2D eigenvalue weighted by atomic mass is 10.2. The van der Waals surface area contributed by atoms with Gasteiger partial charge in [-0.3, -0.25) is 4.98 Å². The Hall–Kier alpha value is -1.13. The molecule has 0 bridgehead atoms. The molecule has 1 aromatic rings. The number of ether oxygens (including phenoxy) is 2. The molecular formula is C13H22N2O2. The minimum absolute atomic E-state index is 0.444. The van der Waals surface area contributed by atoms with Crippen LogP contribution in [0, 0.1) is 6.92 Å². The Labute approximate surface area is 103 Å². The van der Waals surface area contributed by atoms with E-state index in [1.54, 1.807) is 6.20 Å². The summed E-state index contributed by atoms with van der Waals surface area (Å²) in [7, 11) is 0. The molecule has 4 heteroatoms. The second kappa shape index (κ2) is 8.03. The van der Waals surface area contributed by atoms with Crippen LogP contribution >= 0.6 is 0 Å². The minimum atomic E-state index is 0.444. The number of rotatable bonds is 8. The quantitative estimate of drug-likeness (QED) is 0.704. The molecule has 0 spiro atoms. The van der Waals surface area contributed by atoms with E-state index in [0.29, 0.717) is 19.8 Å². The van der Waals surface area contributed by atoms with Crippen molar-refractivity contribution in [1.29, 1.82) is 0 Å². The third-order valence-corrected chi connectivity index (χ3v) is 2.43. The Balaban J connectivity index is 2.32. The predicted molar refractivity (Wildman–Crippen MR) is 68.1 cm³/mol. The highest BCUT2D eigenvalue weighted by atomic mass is 16.5. The second-order valence-electron chi connectivity index (χ2n) is 3.95. The Morgan fingerprint density at radius 1 is 1.29 bits per heavy atom. The third kappa shape index (κ3) is 5.15. The van der Waals surface area contributed by atoms with Crippen molar-refractivity contribution in [1.82, 2.24) is 4.98 Å². The standard InChI is InChI=1S/C13H22N2O2/c1-3-4-5-16-6-7-17-13-8-11(2)15-10-12(13)9-14/h8,10H,3-7,9,14H2,1-2H3. The van der Waals surface area contributed by atoms with Crippen LogP contribution in [0.25, 0.3) is 0 Å². The van der Waals surface area contributed by atoms with Crippen LogP contribution in [-0.4, -0.2) is 24.8 Å². The van der Waals surface area contributed by atoms with Crippen molar-refractivity contribution in [3.8, 4) is 5.75 Å². The molecule has 0 radical (unpaired) electrons. The summed E-state index contributed by atoms with van der Waals surface area (Å²) < 4.78 is 11.1. The van der Waals surface area contributed by atoms with Crippen molar-refractivity contribution in [2.24, 2.45) is 5.73 Å². The zero-order valence-corrected chi connectivity index (χ0v) is 10.7. The maximum absolute atomic E-state index is 5.64. The van der Waals surface area contributed by atoms with Gasteiger partial charge in [0, 0.05) is 36.7 Å². The fourth-order valence-electron chi connectivity index (χ4n) is 1.41. The van der Waals surface area contributed by atoms with Crippen LogP contribution < -0.4 is 10.5 Å². The summed E-state index contributed by atoms with van der Waals surface area (Å²) in [6.07, 6.45) is 4.02. The molecule has 4 nitrogen and oxygen atoms in total. The number of hydrogen-bond acceptors (Lipinski definition) is 4. The van der Waals surface area contributed by atoms with Crippen LogP contribution in [0.3, 0.4) is 0 Å². The summed E-state index contributed by atoms with van der Waals surface area (Å²) in [6.45, 7) is 6.50. The monoisotopic (exact) mass is 238 g/mol. The van der Waals surface area contributed by atoms with Crippen molar-refractivity contribution in [2.45, 2.75) is 33.2 Å². The van der Waals surface area contributed by atoms with Crippen LogP contribution in [0.15, 0.2) is 12.3 Å². The smallest absolute Gasteiger partial charge is 0.127 e. The molecule has 0 amide bonds. The first-order chi connectivity index (χ1) is 8.27. The van der Waals surface area contributed by atoms with E-state index in [-0.39, 0.29) is 0 Å². The van der Waals surface area contributed by atoms with Crippen LogP contribution in [-0.2, 0) is 11.3 Å². The number of aromatic nitrogens is 1. The minimum Gasteiger partial charge on any atom is -0.491 e. The van der Waals surface area contributed by atoms with E-state index in [9.17, 15) is 0 Å². The van der Waals surface area contributed by atoms with Gasteiger partial charge in [-0.05, 0) is 13.3 Å². The molecule has 0 aromatic carbocycles. The van der Waals surface area contributed by atoms with Gasteiger partial charge in [0.25, 0.3) is 0 Å². The van der Waals surface area contributed by atoms with Gasteiger partial charge >= 0.3 is 0 Å². The average molecular weight is 238 g/mol. The normalized spacial score (nSPS) is 10.5. The zero-order valence-electron chi connectivity index (χ0n) is 10.7. The van der Waals surface area contributed by atoms with Crippen molar-refractivity contribution in [3.05, 3.63) is 23.5 Å². The summed E-state index contributed by atoms with van der Waals surface area (Å²) in [6, 6.07) is 1.91. The molecule has 17 heavy (non-hydrogen) atoms. The lowest BCUT2D eigenvalue weighted by molar-refractivity contribution is 0.0977. The van der Waals surface area contributed by atoms with Crippen molar-refractivity contribution in [3.63, 3.8) is 0 Å². The Bertz CT molecular complexity index is 329. The summed E-state index contributed by atoms with van der Waals surface area (Å²) >= 11 is 0. The molecule has 0 saturated carbocycles. The molecule has 0 aliphatic heterocycles.